The van der Waals surface area contributed by atoms with E-state index in [1.54, 1.807) is 26.8 Å². The van der Waals surface area contributed by atoms with Crippen LogP contribution in [-0.2, 0) is 38.1 Å². The lowest BCUT2D eigenvalue weighted by atomic mass is 9.74. The molecule has 9 heteroatoms. The van der Waals surface area contributed by atoms with Gasteiger partial charge in [0.05, 0.1) is 11.8 Å². The van der Waals surface area contributed by atoms with Crippen molar-refractivity contribution < 1.29 is 43.2 Å². The van der Waals surface area contributed by atoms with Crippen molar-refractivity contribution in [1.29, 1.82) is 0 Å². The molecule has 1 aliphatic heterocycles. The molecule has 0 radical (unpaired) electrons. The molecule has 32 heavy (non-hydrogen) atoms. The Morgan fingerprint density at radius 2 is 1.72 bits per heavy atom. The molecule has 1 saturated heterocycles. The summed E-state index contributed by atoms with van der Waals surface area (Å²) < 4.78 is 22.4. The monoisotopic (exact) mass is 450 g/mol. The van der Waals surface area contributed by atoms with E-state index < -0.39 is 77.6 Å². The lowest BCUT2D eigenvalue weighted by Gasteiger charge is -2.42. The summed E-state index contributed by atoms with van der Waals surface area (Å²) in [7, 11) is 0. The zero-order valence-corrected chi connectivity index (χ0v) is 19.1. The third-order valence-electron chi connectivity index (χ3n) is 6.53. The van der Waals surface area contributed by atoms with Crippen molar-refractivity contribution in [1.82, 2.24) is 0 Å². The zero-order chi connectivity index (χ0) is 24.1. The van der Waals surface area contributed by atoms with E-state index in [1.165, 1.54) is 20.8 Å². The van der Waals surface area contributed by atoms with Crippen molar-refractivity contribution in [2.24, 2.45) is 23.7 Å². The van der Waals surface area contributed by atoms with Crippen LogP contribution < -0.4 is 0 Å². The average molecular weight is 450 g/mol. The molecule has 1 saturated carbocycles. The highest BCUT2D eigenvalue weighted by Gasteiger charge is 2.66. The van der Waals surface area contributed by atoms with Crippen molar-refractivity contribution in [2.45, 2.75) is 71.6 Å². The van der Waals surface area contributed by atoms with Crippen molar-refractivity contribution in [3.05, 3.63) is 23.8 Å². The van der Waals surface area contributed by atoms with Crippen molar-refractivity contribution in [3.8, 4) is 0 Å². The smallest absolute Gasteiger partial charge is 0.334 e. The van der Waals surface area contributed by atoms with Crippen LogP contribution in [0, 0.1) is 23.7 Å². The fourth-order valence-corrected chi connectivity index (χ4v) is 5.19. The fraction of sp³-hybridized carbons (Fsp3) is 0.652. The van der Waals surface area contributed by atoms with Crippen LogP contribution in [0.3, 0.4) is 0 Å². The number of hydrogen-bond donors (Lipinski definition) is 1. The molecular weight excluding hydrogens is 420 g/mol. The predicted octanol–water partition coefficient (Wildman–Crippen LogP) is 1.47. The second-order valence-corrected chi connectivity index (χ2v) is 9.27. The quantitative estimate of drug-likeness (QED) is 0.293. The van der Waals surface area contributed by atoms with E-state index in [-0.39, 0.29) is 5.57 Å². The molecule has 0 spiro atoms. The number of ether oxygens (including phenoxy) is 4. The minimum Gasteiger partial charge on any atom is -0.458 e. The van der Waals surface area contributed by atoms with E-state index in [4.69, 9.17) is 18.9 Å². The van der Waals surface area contributed by atoms with Gasteiger partial charge in [0, 0.05) is 31.3 Å². The second kappa shape index (κ2) is 8.35. The first kappa shape index (κ1) is 24.0. The molecule has 176 valence electrons. The van der Waals surface area contributed by atoms with Crippen LogP contribution in [0.5, 0.6) is 0 Å². The van der Waals surface area contributed by atoms with Gasteiger partial charge >= 0.3 is 23.9 Å². The Morgan fingerprint density at radius 3 is 2.25 bits per heavy atom. The highest BCUT2D eigenvalue weighted by atomic mass is 16.6. The highest BCUT2D eigenvalue weighted by molar-refractivity contribution is 5.91. The van der Waals surface area contributed by atoms with Crippen LogP contribution in [0.25, 0.3) is 0 Å². The van der Waals surface area contributed by atoms with Crippen LogP contribution in [0.15, 0.2) is 23.8 Å². The summed E-state index contributed by atoms with van der Waals surface area (Å²) >= 11 is 0. The van der Waals surface area contributed by atoms with E-state index in [1.807, 2.05) is 0 Å². The number of hydrogen-bond acceptors (Lipinski definition) is 9. The maximum Gasteiger partial charge on any atom is 0.334 e. The summed E-state index contributed by atoms with van der Waals surface area (Å²) in [5, 5.41) is 11.8. The lowest BCUT2D eigenvalue weighted by molar-refractivity contribution is -0.205. The summed E-state index contributed by atoms with van der Waals surface area (Å²) in [5.74, 6) is -5.31. The normalized spacial score (nSPS) is 38.2. The third kappa shape index (κ3) is 3.94. The first-order valence-corrected chi connectivity index (χ1v) is 10.6. The van der Waals surface area contributed by atoms with Gasteiger partial charge in [-0.15, -0.1) is 0 Å². The minimum atomic E-state index is -1.82. The second-order valence-electron chi connectivity index (χ2n) is 9.27. The topological polar surface area (TPSA) is 125 Å². The van der Waals surface area contributed by atoms with Gasteiger partial charge in [-0.05, 0) is 19.9 Å². The number of rotatable bonds is 4. The summed E-state index contributed by atoms with van der Waals surface area (Å²) in [6.07, 6.45) is -2.62. The lowest BCUT2D eigenvalue weighted by Crippen LogP contribution is -2.58. The van der Waals surface area contributed by atoms with Crippen LogP contribution in [0.1, 0.15) is 41.5 Å². The number of esters is 4. The van der Waals surface area contributed by atoms with E-state index >= 15 is 0 Å². The molecule has 3 rings (SSSR count). The molecule has 0 aromatic rings. The van der Waals surface area contributed by atoms with Crippen LogP contribution in [0.4, 0.5) is 0 Å². The van der Waals surface area contributed by atoms with Crippen LogP contribution in [0.2, 0.25) is 0 Å². The molecule has 0 amide bonds. The molecule has 8 atom stereocenters. The van der Waals surface area contributed by atoms with Gasteiger partial charge in [0.1, 0.15) is 17.8 Å². The Hall–Kier alpha value is -2.68. The Kier molecular flexibility index (Phi) is 6.25. The number of fused-ring (bicyclic) bond motifs is 3. The molecule has 1 N–H and O–H groups in total. The molecule has 9 nitrogen and oxygen atoms in total. The number of carbonyl (C=O) groups is 4. The summed E-state index contributed by atoms with van der Waals surface area (Å²) in [6, 6.07) is 0. The molecule has 0 aromatic carbocycles. The number of carbonyl (C=O) groups excluding carboxylic acids is 4. The maximum absolute atomic E-state index is 12.6. The Balaban J connectivity index is 2.20. The number of aliphatic hydroxyl groups is 1. The molecule has 0 unspecified atom stereocenters. The Labute approximate surface area is 186 Å². The van der Waals surface area contributed by atoms with Crippen LogP contribution in [-0.4, -0.2) is 59.0 Å². The van der Waals surface area contributed by atoms with E-state index in [0.717, 1.165) is 5.57 Å². The summed E-state index contributed by atoms with van der Waals surface area (Å²) in [5.41, 5.74) is -1.02. The minimum absolute atomic E-state index is 0.0638. The van der Waals surface area contributed by atoms with Crippen molar-refractivity contribution in [2.75, 3.05) is 0 Å². The summed E-state index contributed by atoms with van der Waals surface area (Å²) in [6.45, 7) is 12.8. The molecule has 2 fully saturated rings. The van der Waals surface area contributed by atoms with Gasteiger partial charge in [-0.25, -0.2) is 4.79 Å². The molecule has 2 aliphatic carbocycles. The van der Waals surface area contributed by atoms with Gasteiger partial charge < -0.3 is 24.1 Å². The standard InChI is InChI=1S/C23H30O9/c1-9(2)21(26)32-19-16-11(4)22(27)31-18(16)15-10(3)8-14(29-12(5)24)17(15)23(7,28)20(19)30-13(6)25/h8-9,14-20,28H,4H2,1-3,5-7H3/t14-,15+,16+,17-,18-,19-,20-,23+/m1/s1. The third-order valence-corrected chi connectivity index (χ3v) is 6.53. The molecule has 3 aliphatic rings. The van der Waals surface area contributed by atoms with Gasteiger partial charge in [0.25, 0.3) is 0 Å². The maximum atomic E-state index is 12.6. The van der Waals surface area contributed by atoms with E-state index in [0.29, 0.717) is 0 Å². The fourth-order valence-electron chi connectivity index (χ4n) is 5.19. The van der Waals surface area contributed by atoms with E-state index in [2.05, 4.69) is 6.58 Å². The van der Waals surface area contributed by atoms with Gasteiger partial charge in [-0.1, -0.05) is 26.0 Å². The van der Waals surface area contributed by atoms with Gasteiger partial charge in [-0.3, -0.25) is 14.4 Å². The Bertz CT molecular complexity index is 884. The van der Waals surface area contributed by atoms with E-state index in [9.17, 15) is 24.3 Å². The molecule has 0 aromatic heterocycles. The SMILES string of the molecule is C=C1C(=O)O[C@H]2[C@H]1[C@@H](OC(=O)C(C)C)[C@@H](OC(C)=O)[C@@](C)(O)[C@H]1[C@@H]2C(C)=C[C@H]1OC(C)=O. The van der Waals surface area contributed by atoms with Gasteiger partial charge in [0.2, 0.25) is 0 Å². The zero-order valence-electron chi connectivity index (χ0n) is 19.1. The first-order chi connectivity index (χ1) is 14.8. The largest absolute Gasteiger partial charge is 0.458 e. The Morgan fingerprint density at radius 1 is 1.12 bits per heavy atom. The predicted molar refractivity (Wildman–Crippen MR) is 110 cm³/mol. The van der Waals surface area contributed by atoms with Gasteiger partial charge in [-0.2, -0.15) is 0 Å². The van der Waals surface area contributed by atoms with Crippen molar-refractivity contribution in [3.63, 3.8) is 0 Å². The van der Waals surface area contributed by atoms with Crippen LogP contribution >= 0.6 is 0 Å². The average Bonchev–Trinajstić information content (AvgIpc) is 3.10. The summed E-state index contributed by atoms with van der Waals surface area (Å²) in [4.78, 5) is 48.9. The molecule has 1 heterocycles. The van der Waals surface area contributed by atoms with Crippen molar-refractivity contribution >= 4 is 23.9 Å². The molecular formula is C23H30O9. The first-order valence-electron chi connectivity index (χ1n) is 10.6. The molecule has 0 bridgehead atoms. The highest BCUT2D eigenvalue weighted by Crippen LogP contribution is 2.54. The van der Waals surface area contributed by atoms with Gasteiger partial charge in [0.15, 0.2) is 12.2 Å².